The molecule has 3 rings (SSSR count). The molecular formula is C20H16N2O6S. The minimum absolute atomic E-state index is 0.0407. The van der Waals surface area contributed by atoms with Gasteiger partial charge in [-0.2, -0.15) is 0 Å². The van der Waals surface area contributed by atoms with Crippen LogP contribution in [0, 0.1) is 10.1 Å². The van der Waals surface area contributed by atoms with Crippen molar-refractivity contribution in [1.82, 2.24) is 0 Å². The molecule has 0 fully saturated rings. The highest BCUT2D eigenvalue weighted by Gasteiger charge is 2.21. The Kier molecular flexibility index (Phi) is 5.60. The highest BCUT2D eigenvalue weighted by Crippen LogP contribution is 2.24. The molecule has 0 aromatic heterocycles. The summed E-state index contributed by atoms with van der Waals surface area (Å²) in [5.74, 6) is -0.563. The van der Waals surface area contributed by atoms with Gasteiger partial charge in [-0.3, -0.25) is 14.4 Å². The fourth-order valence-corrected chi connectivity index (χ4v) is 3.70. The van der Waals surface area contributed by atoms with Crippen molar-refractivity contribution < 1.29 is 22.9 Å². The molecule has 3 aromatic carbocycles. The van der Waals surface area contributed by atoms with Gasteiger partial charge in [-0.15, -0.1) is 0 Å². The highest BCUT2D eigenvalue weighted by atomic mass is 32.2. The van der Waals surface area contributed by atoms with Gasteiger partial charge in [0.15, 0.2) is 0 Å². The molecule has 0 saturated carbocycles. The second-order valence-corrected chi connectivity index (χ2v) is 7.94. The maximum Gasteiger partial charge on any atom is 0.343 e. The van der Waals surface area contributed by atoms with Crippen molar-refractivity contribution in [1.29, 1.82) is 0 Å². The number of nitro groups is 1. The molecule has 148 valence electrons. The summed E-state index contributed by atoms with van der Waals surface area (Å²) in [6.07, 6.45) is 0. The molecule has 0 unspecified atom stereocenters. The number of nitrogens with zero attached hydrogens (tertiary/aromatic N) is 2. The molecular weight excluding hydrogens is 396 g/mol. The fraction of sp³-hybridized carbons (Fsp3) is 0.0500. The van der Waals surface area contributed by atoms with Crippen molar-refractivity contribution >= 4 is 27.4 Å². The third-order valence-electron chi connectivity index (χ3n) is 4.13. The molecule has 29 heavy (non-hydrogen) atoms. The Balaban J connectivity index is 1.74. The fourth-order valence-electron chi connectivity index (χ4n) is 2.50. The topological polar surface area (TPSA) is 107 Å². The van der Waals surface area contributed by atoms with Gasteiger partial charge >= 0.3 is 5.97 Å². The largest absolute Gasteiger partial charge is 0.423 e. The molecule has 0 aliphatic carbocycles. The van der Waals surface area contributed by atoms with Gasteiger partial charge in [0.25, 0.3) is 15.7 Å². The third-order valence-corrected chi connectivity index (χ3v) is 5.93. The van der Waals surface area contributed by atoms with Gasteiger partial charge in [0, 0.05) is 19.2 Å². The number of hydrogen-bond donors (Lipinski definition) is 0. The summed E-state index contributed by atoms with van der Waals surface area (Å²) in [4.78, 5) is 22.3. The Morgan fingerprint density at radius 1 is 0.931 bits per heavy atom. The van der Waals surface area contributed by atoms with E-state index in [-0.39, 0.29) is 21.9 Å². The number of nitro benzene ring substituents is 1. The predicted molar refractivity (Wildman–Crippen MR) is 107 cm³/mol. The van der Waals surface area contributed by atoms with E-state index in [2.05, 4.69) is 0 Å². The Bertz CT molecular complexity index is 1130. The average Bonchev–Trinajstić information content (AvgIpc) is 2.74. The summed E-state index contributed by atoms with van der Waals surface area (Å²) in [6, 6.07) is 19.0. The Hall–Kier alpha value is -3.72. The average molecular weight is 412 g/mol. The lowest BCUT2D eigenvalue weighted by molar-refractivity contribution is -0.384. The molecule has 0 amide bonds. The Morgan fingerprint density at radius 3 is 2.07 bits per heavy atom. The van der Waals surface area contributed by atoms with Crippen molar-refractivity contribution in [2.75, 3.05) is 11.4 Å². The number of non-ortho nitro benzene ring substituents is 1. The van der Waals surface area contributed by atoms with Crippen LogP contribution in [0.4, 0.5) is 11.4 Å². The van der Waals surface area contributed by atoms with E-state index in [0.717, 1.165) is 4.31 Å². The summed E-state index contributed by atoms with van der Waals surface area (Å²) < 4.78 is 31.8. The van der Waals surface area contributed by atoms with E-state index in [4.69, 9.17) is 4.74 Å². The number of benzene rings is 3. The number of esters is 1. The van der Waals surface area contributed by atoms with Crippen LogP contribution < -0.4 is 9.04 Å². The predicted octanol–water partition coefficient (Wildman–Crippen LogP) is 3.64. The summed E-state index contributed by atoms with van der Waals surface area (Å²) in [6.45, 7) is 0. The van der Waals surface area contributed by atoms with Gasteiger partial charge in [0.1, 0.15) is 5.75 Å². The lowest BCUT2D eigenvalue weighted by Crippen LogP contribution is -2.26. The molecule has 0 saturated heterocycles. The first-order valence-corrected chi connectivity index (χ1v) is 9.84. The number of ether oxygens (including phenoxy) is 1. The zero-order chi connectivity index (χ0) is 21.0. The smallest absolute Gasteiger partial charge is 0.343 e. The minimum atomic E-state index is -3.77. The van der Waals surface area contributed by atoms with Crippen LogP contribution in [0.3, 0.4) is 0 Å². The van der Waals surface area contributed by atoms with Gasteiger partial charge < -0.3 is 4.74 Å². The number of carbonyl (C=O) groups is 1. The van der Waals surface area contributed by atoms with Crippen LogP contribution in [0.5, 0.6) is 5.75 Å². The van der Waals surface area contributed by atoms with E-state index < -0.39 is 20.9 Å². The van der Waals surface area contributed by atoms with E-state index in [1.165, 1.54) is 55.6 Å². The third kappa shape index (κ3) is 4.41. The quantitative estimate of drug-likeness (QED) is 0.265. The van der Waals surface area contributed by atoms with E-state index in [9.17, 15) is 23.3 Å². The van der Waals surface area contributed by atoms with Gasteiger partial charge in [0.2, 0.25) is 0 Å². The zero-order valence-electron chi connectivity index (χ0n) is 15.3. The number of hydrogen-bond acceptors (Lipinski definition) is 6. The van der Waals surface area contributed by atoms with Crippen molar-refractivity contribution in [3.8, 4) is 5.75 Å². The number of carbonyl (C=O) groups excluding carboxylic acids is 1. The van der Waals surface area contributed by atoms with Crippen molar-refractivity contribution in [3.63, 3.8) is 0 Å². The van der Waals surface area contributed by atoms with Gasteiger partial charge in [-0.1, -0.05) is 18.2 Å². The van der Waals surface area contributed by atoms with Gasteiger partial charge in [-0.05, 0) is 48.5 Å². The lowest BCUT2D eigenvalue weighted by atomic mass is 10.2. The summed E-state index contributed by atoms with van der Waals surface area (Å²) in [7, 11) is -2.32. The van der Waals surface area contributed by atoms with Crippen LogP contribution in [0.2, 0.25) is 0 Å². The second kappa shape index (κ2) is 8.11. The monoisotopic (exact) mass is 412 g/mol. The van der Waals surface area contributed by atoms with E-state index >= 15 is 0 Å². The number of rotatable bonds is 6. The maximum absolute atomic E-state index is 12.7. The van der Waals surface area contributed by atoms with E-state index in [1.54, 1.807) is 30.3 Å². The molecule has 0 aliphatic heterocycles. The van der Waals surface area contributed by atoms with Crippen LogP contribution in [0.1, 0.15) is 10.4 Å². The molecule has 0 bridgehead atoms. The SMILES string of the molecule is CN(c1ccccc1)S(=O)(=O)c1ccc(OC(=O)c2ccc([N+](=O)[O-])cc2)cc1. The standard InChI is InChI=1S/C20H16N2O6S/c1-21(16-5-3-2-4-6-16)29(26,27)19-13-11-18(12-14-19)28-20(23)15-7-9-17(10-8-15)22(24)25/h2-14H,1H3. The molecule has 3 aromatic rings. The van der Waals surface area contributed by atoms with Crippen molar-refractivity contribution in [3.05, 3.63) is 94.5 Å². The van der Waals surface area contributed by atoms with Crippen LogP contribution in [0.25, 0.3) is 0 Å². The first-order valence-electron chi connectivity index (χ1n) is 8.40. The molecule has 0 spiro atoms. The first-order chi connectivity index (χ1) is 13.8. The Labute approximate surface area is 167 Å². The summed E-state index contributed by atoms with van der Waals surface area (Å²) >= 11 is 0. The van der Waals surface area contributed by atoms with E-state index in [1.807, 2.05) is 0 Å². The van der Waals surface area contributed by atoms with Crippen LogP contribution >= 0.6 is 0 Å². The zero-order valence-corrected chi connectivity index (χ0v) is 16.1. The van der Waals surface area contributed by atoms with E-state index in [0.29, 0.717) is 5.69 Å². The minimum Gasteiger partial charge on any atom is -0.423 e. The summed E-state index contributed by atoms with van der Waals surface area (Å²) in [5.41, 5.74) is 0.510. The molecule has 0 atom stereocenters. The van der Waals surface area contributed by atoms with Crippen molar-refractivity contribution in [2.24, 2.45) is 0 Å². The number of anilines is 1. The molecule has 0 radical (unpaired) electrons. The second-order valence-electron chi connectivity index (χ2n) is 5.97. The normalized spacial score (nSPS) is 10.9. The molecule has 0 aliphatic rings. The van der Waals surface area contributed by atoms with Gasteiger partial charge in [0.05, 0.1) is 21.1 Å². The molecule has 9 heteroatoms. The van der Waals surface area contributed by atoms with Crippen LogP contribution in [-0.2, 0) is 10.0 Å². The Morgan fingerprint density at radius 2 is 1.52 bits per heavy atom. The van der Waals surface area contributed by atoms with Gasteiger partial charge in [-0.25, -0.2) is 13.2 Å². The van der Waals surface area contributed by atoms with Crippen molar-refractivity contribution in [2.45, 2.75) is 4.90 Å². The first kappa shape index (κ1) is 20.0. The van der Waals surface area contributed by atoms with Crippen LogP contribution in [0.15, 0.2) is 83.8 Å². The maximum atomic E-state index is 12.7. The number of sulfonamides is 1. The molecule has 0 N–H and O–H groups in total. The lowest BCUT2D eigenvalue weighted by Gasteiger charge is -2.19. The molecule has 0 heterocycles. The molecule has 8 nitrogen and oxygen atoms in total. The number of para-hydroxylation sites is 1. The highest BCUT2D eigenvalue weighted by molar-refractivity contribution is 7.92. The summed E-state index contributed by atoms with van der Waals surface area (Å²) in [5, 5.41) is 10.7. The van der Waals surface area contributed by atoms with Crippen LogP contribution in [-0.4, -0.2) is 26.4 Å².